The SMILES string of the molecule is C[C@H]1c2ccccc2[C@@H]2CC(Nc3nnc(C(=O)O)o3)CCN2c2ccc(C#N)cc21. The van der Waals surface area contributed by atoms with Crippen molar-refractivity contribution >= 4 is 17.7 Å². The first-order chi connectivity index (χ1) is 15.0. The number of carboxylic acid groups (broad SMARTS) is 1. The van der Waals surface area contributed by atoms with Crippen LogP contribution in [0.1, 0.15) is 64.7 Å². The number of fused-ring (bicyclic) bond motifs is 5. The number of hydrogen-bond donors (Lipinski definition) is 2. The summed E-state index contributed by atoms with van der Waals surface area (Å²) >= 11 is 0. The van der Waals surface area contributed by atoms with Gasteiger partial charge >= 0.3 is 17.9 Å². The smallest absolute Gasteiger partial charge is 0.393 e. The van der Waals surface area contributed by atoms with Crippen LogP contribution in [-0.4, -0.2) is 33.9 Å². The van der Waals surface area contributed by atoms with Crippen molar-refractivity contribution < 1.29 is 14.3 Å². The van der Waals surface area contributed by atoms with E-state index in [1.807, 2.05) is 12.1 Å². The van der Waals surface area contributed by atoms with E-state index in [0.717, 1.165) is 25.1 Å². The topological polar surface area (TPSA) is 115 Å². The van der Waals surface area contributed by atoms with Gasteiger partial charge < -0.3 is 19.7 Å². The normalized spacial score (nSPS) is 21.8. The number of nitriles is 1. The molecule has 2 N–H and O–H groups in total. The molecule has 0 amide bonds. The zero-order valence-corrected chi connectivity index (χ0v) is 16.9. The molecule has 0 radical (unpaired) electrons. The third-order valence-electron chi connectivity index (χ3n) is 6.29. The molecular formula is C23H21N5O3. The molecule has 2 aliphatic rings. The second-order valence-electron chi connectivity index (χ2n) is 8.03. The van der Waals surface area contributed by atoms with Gasteiger partial charge in [0, 0.05) is 24.2 Å². The zero-order chi connectivity index (χ0) is 21.5. The summed E-state index contributed by atoms with van der Waals surface area (Å²) in [6.07, 6.45) is 1.63. The Labute approximate surface area is 179 Å². The summed E-state index contributed by atoms with van der Waals surface area (Å²) in [6, 6.07) is 17.0. The number of carbonyl (C=O) groups is 1. The number of nitrogens with zero attached hydrogens (tertiary/aromatic N) is 4. The standard InChI is InChI=1S/C23H21N5O3/c1-13-16-4-2-3-5-17(16)20-11-15(25-23-27-26-21(31-23)22(29)30)8-9-28(20)19-7-6-14(12-24)10-18(13)19/h2-7,10,13,15,20H,8-9,11H2,1H3,(H,25,27)(H,29,30)/t13-,15?,20-/m0/s1. The van der Waals surface area contributed by atoms with Crippen LogP contribution in [0.5, 0.6) is 0 Å². The van der Waals surface area contributed by atoms with Crippen molar-refractivity contribution in [3.05, 3.63) is 70.6 Å². The van der Waals surface area contributed by atoms with E-state index in [4.69, 9.17) is 9.52 Å². The van der Waals surface area contributed by atoms with Gasteiger partial charge in [0.05, 0.1) is 17.7 Å². The summed E-state index contributed by atoms with van der Waals surface area (Å²) in [4.78, 5) is 13.4. The molecule has 3 aromatic rings. The zero-order valence-electron chi connectivity index (χ0n) is 16.9. The lowest BCUT2D eigenvalue weighted by molar-refractivity contribution is 0.0654. The second-order valence-corrected chi connectivity index (χ2v) is 8.03. The van der Waals surface area contributed by atoms with Crippen molar-refractivity contribution in [2.75, 3.05) is 16.8 Å². The Bertz CT molecular complexity index is 1200. The molecular weight excluding hydrogens is 394 g/mol. The Balaban J connectivity index is 1.51. The van der Waals surface area contributed by atoms with Crippen molar-refractivity contribution in [2.45, 2.75) is 37.8 Å². The number of aromatic carboxylic acids is 1. The number of piperidine rings is 1. The van der Waals surface area contributed by atoms with Gasteiger partial charge in [-0.15, -0.1) is 0 Å². The molecule has 8 nitrogen and oxygen atoms in total. The van der Waals surface area contributed by atoms with Crippen LogP contribution in [0, 0.1) is 11.3 Å². The van der Waals surface area contributed by atoms with Gasteiger partial charge in [-0.05, 0) is 47.7 Å². The molecule has 1 fully saturated rings. The highest BCUT2D eigenvalue weighted by Gasteiger charge is 2.36. The molecule has 1 unspecified atom stereocenters. The van der Waals surface area contributed by atoms with Crippen LogP contribution in [0.3, 0.4) is 0 Å². The minimum absolute atomic E-state index is 0.0617. The molecule has 8 heteroatoms. The molecule has 0 spiro atoms. The van der Waals surface area contributed by atoms with Gasteiger partial charge in [-0.2, -0.15) is 5.26 Å². The van der Waals surface area contributed by atoms with Gasteiger partial charge in [0.1, 0.15) is 0 Å². The van der Waals surface area contributed by atoms with Crippen LogP contribution < -0.4 is 10.2 Å². The number of rotatable bonds is 3. The van der Waals surface area contributed by atoms with Gasteiger partial charge in [-0.3, -0.25) is 0 Å². The van der Waals surface area contributed by atoms with Gasteiger partial charge in [0.25, 0.3) is 0 Å². The first kappa shape index (κ1) is 19.1. The first-order valence-corrected chi connectivity index (χ1v) is 10.3. The lowest BCUT2D eigenvalue weighted by Crippen LogP contribution is -2.41. The monoisotopic (exact) mass is 415 g/mol. The molecule has 0 bridgehead atoms. The van der Waals surface area contributed by atoms with Gasteiger partial charge in [0.15, 0.2) is 0 Å². The minimum atomic E-state index is -1.24. The summed E-state index contributed by atoms with van der Waals surface area (Å²) in [6.45, 7) is 3.00. The van der Waals surface area contributed by atoms with Crippen LogP contribution in [0.4, 0.5) is 11.7 Å². The average molecular weight is 415 g/mol. The van der Waals surface area contributed by atoms with E-state index in [0.29, 0.717) is 5.56 Å². The molecule has 1 saturated heterocycles. The highest BCUT2D eigenvalue weighted by molar-refractivity contribution is 5.82. The highest BCUT2D eigenvalue weighted by Crippen LogP contribution is 2.46. The Hall–Kier alpha value is -3.86. The van der Waals surface area contributed by atoms with Crippen LogP contribution >= 0.6 is 0 Å². The fourth-order valence-corrected chi connectivity index (χ4v) is 4.83. The van der Waals surface area contributed by atoms with Crippen LogP contribution in [-0.2, 0) is 0 Å². The largest absolute Gasteiger partial charge is 0.474 e. The van der Waals surface area contributed by atoms with Crippen molar-refractivity contribution in [2.24, 2.45) is 0 Å². The lowest BCUT2D eigenvalue weighted by Gasteiger charge is -2.41. The molecule has 0 saturated carbocycles. The maximum Gasteiger partial charge on any atom is 0.393 e. The number of anilines is 2. The summed E-state index contributed by atoms with van der Waals surface area (Å²) < 4.78 is 5.20. The number of nitrogens with one attached hydrogen (secondary N) is 1. The van der Waals surface area contributed by atoms with Crippen molar-refractivity contribution in [1.29, 1.82) is 5.26 Å². The fourth-order valence-electron chi connectivity index (χ4n) is 4.83. The second kappa shape index (κ2) is 7.43. The Kier molecular flexibility index (Phi) is 4.59. The predicted octanol–water partition coefficient (Wildman–Crippen LogP) is 3.93. The third-order valence-corrected chi connectivity index (χ3v) is 6.29. The van der Waals surface area contributed by atoms with Gasteiger partial charge in [-0.25, -0.2) is 4.79 Å². The van der Waals surface area contributed by atoms with Gasteiger partial charge in [-0.1, -0.05) is 41.4 Å². The van der Waals surface area contributed by atoms with Crippen LogP contribution in [0.25, 0.3) is 0 Å². The maximum atomic E-state index is 11.0. The van der Waals surface area contributed by atoms with E-state index in [-0.39, 0.29) is 24.0 Å². The van der Waals surface area contributed by atoms with E-state index >= 15 is 0 Å². The van der Waals surface area contributed by atoms with Crippen molar-refractivity contribution in [1.82, 2.24) is 10.2 Å². The molecule has 3 atom stereocenters. The molecule has 1 aromatic heterocycles. The Morgan fingerprint density at radius 1 is 1.23 bits per heavy atom. The summed E-state index contributed by atoms with van der Waals surface area (Å²) in [7, 11) is 0. The number of aromatic nitrogens is 2. The quantitative estimate of drug-likeness (QED) is 0.661. The van der Waals surface area contributed by atoms with E-state index in [9.17, 15) is 10.1 Å². The highest BCUT2D eigenvalue weighted by atomic mass is 16.4. The molecule has 2 aromatic carbocycles. The minimum Gasteiger partial charge on any atom is -0.474 e. The average Bonchev–Trinajstić information content (AvgIpc) is 3.23. The van der Waals surface area contributed by atoms with E-state index < -0.39 is 11.9 Å². The lowest BCUT2D eigenvalue weighted by atomic mass is 9.86. The number of hydrogen-bond acceptors (Lipinski definition) is 7. The third kappa shape index (κ3) is 3.28. The summed E-state index contributed by atoms with van der Waals surface area (Å²) in [5, 5.41) is 29.0. The van der Waals surface area contributed by atoms with Crippen LogP contribution in [0.15, 0.2) is 46.9 Å². The molecule has 31 heavy (non-hydrogen) atoms. The molecule has 156 valence electrons. The van der Waals surface area contributed by atoms with E-state index in [1.165, 1.54) is 16.7 Å². The number of benzene rings is 2. The van der Waals surface area contributed by atoms with Crippen LogP contribution in [0.2, 0.25) is 0 Å². The predicted molar refractivity (Wildman–Crippen MR) is 113 cm³/mol. The van der Waals surface area contributed by atoms with Crippen molar-refractivity contribution in [3.8, 4) is 6.07 Å². The maximum absolute atomic E-state index is 11.0. The Morgan fingerprint density at radius 2 is 2.03 bits per heavy atom. The van der Waals surface area contributed by atoms with Gasteiger partial charge in [0.2, 0.25) is 0 Å². The fraction of sp³-hybridized carbons (Fsp3) is 0.304. The molecule has 0 aliphatic carbocycles. The first-order valence-electron chi connectivity index (χ1n) is 10.3. The Morgan fingerprint density at radius 3 is 2.77 bits per heavy atom. The molecule has 2 aliphatic heterocycles. The molecule has 5 rings (SSSR count). The molecule has 3 heterocycles. The van der Waals surface area contributed by atoms with E-state index in [1.54, 1.807) is 0 Å². The van der Waals surface area contributed by atoms with Crippen molar-refractivity contribution in [3.63, 3.8) is 0 Å². The number of carboxylic acids is 1. The summed E-state index contributed by atoms with van der Waals surface area (Å²) in [5.41, 5.74) is 5.54. The summed E-state index contributed by atoms with van der Waals surface area (Å²) in [5.74, 6) is -1.49. The van der Waals surface area contributed by atoms with E-state index in [2.05, 4.69) is 63.7 Å².